The molecule has 0 spiro atoms. The van der Waals surface area contributed by atoms with Crippen LogP contribution in [0.1, 0.15) is 47.6 Å². The van der Waals surface area contributed by atoms with Gasteiger partial charge in [0.15, 0.2) is 0 Å². The second-order valence-electron chi connectivity index (χ2n) is 6.84. The highest BCUT2D eigenvalue weighted by atomic mass is 19.4. The van der Waals surface area contributed by atoms with E-state index in [2.05, 4.69) is 36.5 Å². The third-order valence-corrected chi connectivity index (χ3v) is 5.44. The Bertz CT molecular complexity index is 822. The zero-order valence-electron chi connectivity index (χ0n) is 14.0. The van der Waals surface area contributed by atoms with Crippen molar-refractivity contribution in [3.05, 3.63) is 76.9 Å². The van der Waals surface area contributed by atoms with E-state index in [0.29, 0.717) is 5.56 Å². The molecule has 0 unspecified atom stereocenters. The van der Waals surface area contributed by atoms with Crippen LogP contribution in [0.3, 0.4) is 0 Å². The minimum absolute atomic E-state index is 0.114. The standard InChI is InChI=1S/C21H20F3N/c1-2-13-10-11-19-17(12-13)14-7-5-8-15(14)20(25-19)16-6-3-4-9-18(16)21(22,23)24/h3-7,9-12,14-15,20,25H,2,8H2,1H3/t14-,15-,20-/m1/s1. The minimum Gasteiger partial charge on any atom is -0.378 e. The van der Waals surface area contributed by atoms with E-state index in [-0.39, 0.29) is 17.9 Å². The summed E-state index contributed by atoms with van der Waals surface area (Å²) < 4.78 is 40.5. The zero-order valence-corrected chi connectivity index (χ0v) is 14.0. The summed E-state index contributed by atoms with van der Waals surface area (Å²) in [6.07, 6.45) is 1.67. The molecule has 1 aliphatic carbocycles. The van der Waals surface area contributed by atoms with Crippen LogP contribution in [0.5, 0.6) is 0 Å². The lowest BCUT2D eigenvalue weighted by Crippen LogP contribution is -2.30. The van der Waals surface area contributed by atoms with Gasteiger partial charge in [-0.05, 0) is 47.6 Å². The molecule has 1 nitrogen and oxygen atoms in total. The molecule has 0 bridgehead atoms. The van der Waals surface area contributed by atoms with E-state index in [1.807, 2.05) is 6.07 Å². The van der Waals surface area contributed by atoms with Gasteiger partial charge >= 0.3 is 6.18 Å². The average molecular weight is 343 g/mol. The first-order valence-corrected chi connectivity index (χ1v) is 8.71. The van der Waals surface area contributed by atoms with Gasteiger partial charge in [-0.1, -0.05) is 49.4 Å². The predicted molar refractivity (Wildman–Crippen MR) is 93.6 cm³/mol. The SMILES string of the molecule is CCc1ccc2c(c1)[C@@H]1C=CC[C@H]1[C@H](c1ccccc1C(F)(F)F)N2. The molecule has 1 aliphatic heterocycles. The van der Waals surface area contributed by atoms with E-state index in [1.54, 1.807) is 12.1 Å². The Morgan fingerprint density at radius 1 is 1.08 bits per heavy atom. The summed E-state index contributed by atoms with van der Waals surface area (Å²) in [7, 11) is 0. The fraction of sp³-hybridized carbons (Fsp3) is 0.333. The van der Waals surface area contributed by atoms with Crippen molar-refractivity contribution in [2.75, 3.05) is 5.32 Å². The third kappa shape index (κ3) is 2.74. The number of benzene rings is 2. The molecule has 0 radical (unpaired) electrons. The minimum atomic E-state index is -4.34. The Morgan fingerprint density at radius 3 is 2.64 bits per heavy atom. The Labute approximate surface area is 145 Å². The summed E-state index contributed by atoms with van der Waals surface area (Å²) in [5.74, 6) is 0.289. The van der Waals surface area contributed by atoms with Gasteiger partial charge in [-0.25, -0.2) is 0 Å². The van der Waals surface area contributed by atoms with Crippen LogP contribution in [0, 0.1) is 5.92 Å². The number of halogens is 3. The summed E-state index contributed by atoms with van der Waals surface area (Å²) in [5, 5.41) is 3.41. The first-order valence-electron chi connectivity index (χ1n) is 8.71. The molecule has 4 heteroatoms. The average Bonchev–Trinajstić information content (AvgIpc) is 3.10. The fourth-order valence-corrected chi connectivity index (χ4v) is 4.20. The number of rotatable bonds is 2. The Balaban J connectivity index is 1.81. The molecule has 0 aromatic heterocycles. The van der Waals surface area contributed by atoms with Gasteiger partial charge in [0.05, 0.1) is 11.6 Å². The number of aryl methyl sites for hydroxylation is 1. The van der Waals surface area contributed by atoms with Gasteiger partial charge in [-0.15, -0.1) is 0 Å². The van der Waals surface area contributed by atoms with Crippen LogP contribution in [0.4, 0.5) is 18.9 Å². The topological polar surface area (TPSA) is 12.0 Å². The van der Waals surface area contributed by atoms with Crippen molar-refractivity contribution >= 4 is 5.69 Å². The van der Waals surface area contributed by atoms with Crippen molar-refractivity contribution in [1.29, 1.82) is 0 Å². The van der Waals surface area contributed by atoms with Crippen LogP contribution >= 0.6 is 0 Å². The normalized spacial score (nSPS) is 24.6. The maximum absolute atomic E-state index is 13.5. The summed E-state index contributed by atoms with van der Waals surface area (Å²) >= 11 is 0. The van der Waals surface area contributed by atoms with Gasteiger partial charge in [0.2, 0.25) is 0 Å². The van der Waals surface area contributed by atoms with E-state index in [4.69, 9.17) is 0 Å². The molecule has 2 aliphatic rings. The first-order chi connectivity index (χ1) is 12.0. The molecule has 2 aromatic rings. The Hall–Kier alpha value is -2.23. The van der Waals surface area contributed by atoms with Crippen molar-refractivity contribution < 1.29 is 13.2 Å². The summed E-state index contributed by atoms with van der Waals surface area (Å²) in [6.45, 7) is 2.11. The first kappa shape index (κ1) is 16.2. The molecule has 3 atom stereocenters. The number of hydrogen-bond acceptors (Lipinski definition) is 1. The summed E-state index contributed by atoms with van der Waals surface area (Å²) in [4.78, 5) is 0. The van der Waals surface area contributed by atoms with E-state index < -0.39 is 11.7 Å². The van der Waals surface area contributed by atoms with Crippen molar-refractivity contribution in [3.63, 3.8) is 0 Å². The van der Waals surface area contributed by atoms with Gasteiger partial charge in [0, 0.05) is 11.6 Å². The van der Waals surface area contributed by atoms with Gasteiger partial charge in [0.1, 0.15) is 0 Å². The molecule has 130 valence electrons. The fourth-order valence-electron chi connectivity index (χ4n) is 4.20. The quantitative estimate of drug-likeness (QED) is 0.650. The van der Waals surface area contributed by atoms with E-state index in [1.165, 1.54) is 23.3 Å². The van der Waals surface area contributed by atoms with E-state index in [0.717, 1.165) is 18.5 Å². The molecule has 0 saturated carbocycles. The zero-order chi connectivity index (χ0) is 17.6. The molecule has 2 aromatic carbocycles. The molecular formula is C21H20F3N. The third-order valence-electron chi connectivity index (χ3n) is 5.44. The Kier molecular flexibility index (Phi) is 3.86. The Morgan fingerprint density at radius 2 is 1.88 bits per heavy atom. The maximum Gasteiger partial charge on any atom is 0.416 e. The van der Waals surface area contributed by atoms with Crippen LogP contribution in [0.25, 0.3) is 0 Å². The number of alkyl halides is 3. The van der Waals surface area contributed by atoms with Crippen LogP contribution in [0.2, 0.25) is 0 Å². The number of hydrogen-bond donors (Lipinski definition) is 1. The van der Waals surface area contributed by atoms with Crippen LogP contribution < -0.4 is 5.32 Å². The van der Waals surface area contributed by atoms with E-state index >= 15 is 0 Å². The molecule has 0 saturated heterocycles. The molecule has 25 heavy (non-hydrogen) atoms. The smallest absolute Gasteiger partial charge is 0.378 e. The maximum atomic E-state index is 13.5. The molecule has 4 rings (SSSR count). The lowest BCUT2D eigenvalue weighted by atomic mass is 9.75. The number of anilines is 1. The second kappa shape index (κ2) is 5.94. The number of fused-ring (bicyclic) bond motifs is 3. The van der Waals surface area contributed by atoms with Crippen molar-refractivity contribution in [2.24, 2.45) is 5.92 Å². The largest absolute Gasteiger partial charge is 0.416 e. The molecule has 1 N–H and O–H groups in total. The molecule has 1 heterocycles. The molecule has 0 fully saturated rings. The molecular weight excluding hydrogens is 323 g/mol. The number of allylic oxidation sites excluding steroid dienone is 2. The highest BCUT2D eigenvalue weighted by Crippen LogP contribution is 2.51. The van der Waals surface area contributed by atoms with Gasteiger partial charge in [0.25, 0.3) is 0 Å². The van der Waals surface area contributed by atoms with Crippen molar-refractivity contribution in [1.82, 2.24) is 0 Å². The van der Waals surface area contributed by atoms with Crippen LogP contribution in [-0.4, -0.2) is 0 Å². The van der Waals surface area contributed by atoms with Crippen LogP contribution in [-0.2, 0) is 12.6 Å². The summed E-state index contributed by atoms with van der Waals surface area (Å²) in [6, 6.07) is 11.9. The number of nitrogens with one attached hydrogen (secondary N) is 1. The van der Waals surface area contributed by atoms with Crippen molar-refractivity contribution in [3.8, 4) is 0 Å². The van der Waals surface area contributed by atoms with Gasteiger partial charge in [-0.3, -0.25) is 0 Å². The monoisotopic (exact) mass is 343 g/mol. The van der Waals surface area contributed by atoms with Gasteiger partial charge in [-0.2, -0.15) is 13.2 Å². The molecule has 0 amide bonds. The van der Waals surface area contributed by atoms with Crippen molar-refractivity contribution in [2.45, 2.75) is 37.9 Å². The lowest BCUT2D eigenvalue weighted by molar-refractivity contribution is -0.138. The van der Waals surface area contributed by atoms with Gasteiger partial charge < -0.3 is 5.32 Å². The predicted octanol–water partition coefficient (Wildman–Crippen LogP) is 6.09. The second-order valence-corrected chi connectivity index (χ2v) is 6.84. The summed E-state index contributed by atoms with van der Waals surface area (Å²) in [5.41, 5.74) is 3.23. The highest BCUT2D eigenvalue weighted by Gasteiger charge is 2.42. The van der Waals surface area contributed by atoms with E-state index in [9.17, 15) is 13.2 Å². The highest BCUT2D eigenvalue weighted by molar-refractivity contribution is 5.61. The van der Waals surface area contributed by atoms with Crippen LogP contribution in [0.15, 0.2) is 54.6 Å². The lowest BCUT2D eigenvalue weighted by Gasteiger charge is -2.38.